The zero-order chi connectivity index (χ0) is 20.4. The van der Waals surface area contributed by atoms with Crippen LogP contribution in [0.15, 0.2) is 72.8 Å². The molecule has 1 aliphatic heterocycles. The Balaban J connectivity index is 1.89. The van der Waals surface area contributed by atoms with E-state index < -0.39 is 11.2 Å². The highest BCUT2D eigenvalue weighted by molar-refractivity contribution is 6.03. The highest BCUT2D eigenvalue weighted by atomic mass is 16.6. The predicted octanol–water partition coefficient (Wildman–Crippen LogP) is 4.19. The lowest BCUT2D eigenvalue weighted by Crippen LogP contribution is -2.16. The van der Waals surface area contributed by atoms with E-state index in [1.165, 1.54) is 12.1 Å². The highest BCUT2D eigenvalue weighted by Crippen LogP contribution is 2.41. The molecule has 3 aromatic rings. The second-order valence-corrected chi connectivity index (χ2v) is 6.50. The number of hydrogen-bond acceptors (Lipinski definition) is 6. The zero-order valence-electron chi connectivity index (χ0n) is 15.2. The number of nitro benzene ring substituents is 1. The van der Waals surface area contributed by atoms with Crippen LogP contribution < -0.4 is 10.6 Å². The van der Waals surface area contributed by atoms with E-state index in [1.54, 1.807) is 30.3 Å². The molecule has 0 saturated heterocycles. The number of non-ortho nitro benzene ring substituents is 1. The number of nitro groups is 1. The first kappa shape index (κ1) is 18.2. The summed E-state index contributed by atoms with van der Waals surface area (Å²) in [6.45, 7) is 0. The van der Waals surface area contributed by atoms with E-state index in [-0.39, 0.29) is 5.69 Å². The van der Waals surface area contributed by atoms with Gasteiger partial charge in [-0.2, -0.15) is 5.26 Å². The molecule has 0 amide bonds. The molecule has 142 valence electrons. The van der Waals surface area contributed by atoms with E-state index in [2.05, 4.69) is 16.7 Å². The van der Waals surface area contributed by atoms with Crippen molar-refractivity contribution in [2.75, 3.05) is 10.6 Å². The van der Waals surface area contributed by atoms with Gasteiger partial charge in [-0.25, -0.2) is 0 Å². The Kier molecular flexibility index (Phi) is 4.69. The molecular formula is C22H16N4O3. The molecule has 7 nitrogen and oxygen atoms in total. The van der Waals surface area contributed by atoms with Gasteiger partial charge in [-0.05, 0) is 35.9 Å². The van der Waals surface area contributed by atoms with Crippen LogP contribution in [0.2, 0.25) is 0 Å². The summed E-state index contributed by atoms with van der Waals surface area (Å²) in [7, 11) is 0. The minimum Gasteiger partial charge on any atom is -0.369 e. The van der Waals surface area contributed by atoms with Crippen LogP contribution in [-0.2, 0) is 0 Å². The number of nitrogens with zero attached hydrogens (tertiary/aromatic N) is 2. The normalized spacial score (nSPS) is 16.3. The zero-order valence-corrected chi connectivity index (χ0v) is 15.2. The first-order valence-electron chi connectivity index (χ1n) is 8.87. The van der Waals surface area contributed by atoms with E-state index >= 15 is 0 Å². The maximum atomic E-state index is 11.2. The molecule has 0 radical (unpaired) electrons. The molecule has 4 rings (SSSR count). The lowest BCUT2D eigenvalue weighted by Gasteiger charge is -2.17. The molecule has 3 N–H and O–H groups in total. The van der Waals surface area contributed by atoms with Crippen LogP contribution in [0.4, 0.5) is 17.1 Å². The fraction of sp³-hybridized carbons (Fsp3) is 0.0455. The number of aliphatic hydroxyl groups is 1. The van der Waals surface area contributed by atoms with Gasteiger partial charge in [0.25, 0.3) is 5.69 Å². The third-order valence-corrected chi connectivity index (χ3v) is 4.68. The van der Waals surface area contributed by atoms with Crippen molar-refractivity contribution in [2.45, 2.75) is 6.23 Å². The van der Waals surface area contributed by atoms with Crippen molar-refractivity contribution < 1.29 is 10.0 Å². The molecule has 0 aliphatic carbocycles. The van der Waals surface area contributed by atoms with Gasteiger partial charge in [-0.15, -0.1) is 0 Å². The summed E-state index contributed by atoms with van der Waals surface area (Å²) >= 11 is 0. The van der Waals surface area contributed by atoms with Crippen molar-refractivity contribution in [1.82, 2.24) is 0 Å². The van der Waals surface area contributed by atoms with Crippen molar-refractivity contribution in [3.8, 4) is 6.07 Å². The smallest absolute Gasteiger partial charge is 0.270 e. The summed E-state index contributed by atoms with van der Waals surface area (Å²) in [6.07, 6.45) is -1.03. The molecule has 1 heterocycles. The average molecular weight is 384 g/mol. The summed E-state index contributed by atoms with van der Waals surface area (Å²) in [5.74, 6) is 0. The molecule has 1 aliphatic rings. The molecule has 0 bridgehead atoms. The monoisotopic (exact) mass is 384 g/mol. The Labute approximate surface area is 166 Å². The average Bonchev–Trinajstić information content (AvgIpc) is 3.07. The Morgan fingerprint density at radius 2 is 1.83 bits per heavy atom. The summed E-state index contributed by atoms with van der Waals surface area (Å²) < 4.78 is 0. The van der Waals surface area contributed by atoms with Crippen molar-refractivity contribution >= 4 is 28.3 Å². The van der Waals surface area contributed by atoms with Crippen LogP contribution in [0.3, 0.4) is 0 Å². The predicted molar refractivity (Wildman–Crippen MR) is 111 cm³/mol. The summed E-state index contributed by atoms with van der Waals surface area (Å²) in [5, 5.41) is 37.2. The molecule has 0 spiro atoms. The maximum absolute atomic E-state index is 11.2. The number of aliphatic hydroxyl groups excluding tert-OH is 1. The molecule has 3 aromatic carbocycles. The Hall–Kier alpha value is -4.15. The van der Waals surface area contributed by atoms with Crippen molar-refractivity contribution in [1.29, 1.82) is 5.26 Å². The van der Waals surface area contributed by atoms with Crippen molar-refractivity contribution in [3.05, 3.63) is 99.6 Å². The largest absolute Gasteiger partial charge is 0.369 e. The van der Waals surface area contributed by atoms with Gasteiger partial charge in [0.1, 0.15) is 0 Å². The molecule has 1 atom stereocenters. The standard InChI is InChI=1S/C22H16N4O3/c23-13-14-6-8-16(9-7-14)24-21(15-4-2-1-3-5-15)20-18-12-17(26(28)29)10-11-19(18)25-22(20)27/h1-12,22,24-25,27H/b21-20-. The summed E-state index contributed by atoms with van der Waals surface area (Å²) in [6, 6.07) is 22.9. The van der Waals surface area contributed by atoms with Crippen molar-refractivity contribution in [3.63, 3.8) is 0 Å². The molecule has 29 heavy (non-hydrogen) atoms. The van der Waals surface area contributed by atoms with Crippen LogP contribution in [-0.4, -0.2) is 16.3 Å². The third-order valence-electron chi connectivity index (χ3n) is 4.68. The second-order valence-electron chi connectivity index (χ2n) is 6.50. The van der Waals surface area contributed by atoms with Crippen LogP contribution in [0, 0.1) is 21.4 Å². The van der Waals surface area contributed by atoms with Gasteiger partial charge >= 0.3 is 0 Å². The number of hydrogen-bond donors (Lipinski definition) is 3. The van der Waals surface area contributed by atoms with E-state index in [1.807, 2.05) is 30.3 Å². The van der Waals surface area contributed by atoms with Crippen LogP contribution >= 0.6 is 0 Å². The molecule has 0 fully saturated rings. The van der Waals surface area contributed by atoms with Gasteiger partial charge in [0.05, 0.1) is 22.3 Å². The molecule has 7 heteroatoms. The lowest BCUT2D eigenvalue weighted by molar-refractivity contribution is -0.384. The second kappa shape index (κ2) is 7.46. The summed E-state index contributed by atoms with van der Waals surface area (Å²) in [4.78, 5) is 10.8. The lowest BCUT2D eigenvalue weighted by atomic mass is 9.99. The Morgan fingerprint density at radius 1 is 1.10 bits per heavy atom. The SMILES string of the molecule is N#Cc1ccc(N/C(=C2/c3cc([N+](=O)[O-])ccc3NC2O)c2ccccc2)cc1. The first-order chi connectivity index (χ1) is 14.1. The quantitative estimate of drug-likeness (QED) is 0.459. The van der Waals surface area contributed by atoms with Crippen LogP contribution in [0.5, 0.6) is 0 Å². The van der Waals surface area contributed by atoms with Gasteiger partial charge in [-0.1, -0.05) is 30.3 Å². The fourth-order valence-electron chi connectivity index (χ4n) is 3.30. The van der Waals surface area contributed by atoms with Crippen LogP contribution in [0.1, 0.15) is 16.7 Å². The van der Waals surface area contributed by atoms with E-state index in [9.17, 15) is 15.2 Å². The van der Waals surface area contributed by atoms with E-state index in [0.717, 1.165) is 11.3 Å². The molecular weight excluding hydrogens is 368 g/mol. The van der Waals surface area contributed by atoms with Gasteiger partial charge in [0, 0.05) is 34.6 Å². The maximum Gasteiger partial charge on any atom is 0.270 e. The minimum atomic E-state index is -1.03. The number of nitrogens with one attached hydrogen (secondary N) is 2. The number of nitriles is 1. The van der Waals surface area contributed by atoms with Gasteiger partial charge in [0.2, 0.25) is 0 Å². The van der Waals surface area contributed by atoms with Gasteiger partial charge in [0.15, 0.2) is 6.23 Å². The van der Waals surface area contributed by atoms with E-state index in [4.69, 9.17) is 5.26 Å². The number of rotatable bonds is 4. The number of fused-ring (bicyclic) bond motifs is 1. The molecule has 0 aromatic heterocycles. The molecule has 0 saturated carbocycles. The summed E-state index contributed by atoms with van der Waals surface area (Å²) in [5.41, 5.74) is 4.33. The number of anilines is 2. The van der Waals surface area contributed by atoms with E-state index in [0.29, 0.717) is 28.1 Å². The molecule has 1 unspecified atom stereocenters. The first-order valence-corrected chi connectivity index (χ1v) is 8.87. The topological polar surface area (TPSA) is 111 Å². The third kappa shape index (κ3) is 3.52. The van der Waals surface area contributed by atoms with Gasteiger partial charge in [-0.3, -0.25) is 10.1 Å². The minimum absolute atomic E-state index is 0.0528. The van der Waals surface area contributed by atoms with Crippen LogP contribution in [0.25, 0.3) is 11.3 Å². The highest BCUT2D eigenvalue weighted by Gasteiger charge is 2.30. The Morgan fingerprint density at radius 3 is 2.48 bits per heavy atom. The fourth-order valence-corrected chi connectivity index (χ4v) is 3.30. The van der Waals surface area contributed by atoms with Gasteiger partial charge < -0.3 is 15.7 Å². The number of benzene rings is 3. The van der Waals surface area contributed by atoms with Crippen molar-refractivity contribution in [2.24, 2.45) is 0 Å². The Bertz CT molecular complexity index is 1150.